The van der Waals surface area contributed by atoms with Gasteiger partial charge in [0.2, 0.25) is 11.8 Å². The number of carbonyl (C=O) groups excluding carboxylic acids is 3. The van der Waals surface area contributed by atoms with Crippen molar-refractivity contribution < 1.29 is 29.2 Å². The molecule has 1 fully saturated rings. The van der Waals surface area contributed by atoms with Gasteiger partial charge in [-0.05, 0) is 31.2 Å². The fourth-order valence-corrected chi connectivity index (χ4v) is 3.27. The zero-order valence-corrected chi connectivity index (χ0v) is 13.5. The van der Waals surface area contributed by atoms with Crippen LogP contribution >= 0.6 is 11.8 Å². The van der Waals surface area contributed by atoms with Gasteiger partial charge in [0.25, 0.3) is 0 Å². The Balaban J connectivity index is 1.98. The van der Waals surface area contributed by atoms with Gasteiger partial charge in [-0.15, -0.1) is 11.8 Å². The van der Waals surface area contributed by atoms with E-state index in [1.165, 1.54) is 36.0 Å². The predicted octanol–water partition coefficient (Wildman–Crippen LogP) is 0.364. The van der Waals surface area contributed by atoms with Crippen LogP contribution in [-0.2, 0) is 19.1 Å². The minimum Gasteiger partial charge on any atom is -0.462 e. The Morgan fingerprint density at radius 3 is 2.70 bits per heavy atom. The lowest BCUT2D eigenvalue weighted by Gasteiger charge is -2.15. The summed E-state index contributed by atoms with van der Waals surface area (Å²) in [6, 6.07) is 4.58. The van der Waals surface area contributed by atoms with E-state index in [2.05, 4.69) is 5.73 Å². The predicted molar refractivity (Wildman–Crippen MR) is 83.1 cm³/mol. The van der Waals surface area contributed by atoms with Crippen LogP contribution in [0, 0.1) is 5.82 Å². The topological polar surface area (TPSA) is 91.3 Å². The third-order valence-electron chi connectivity index (χ3n) is 3.31. The van der Waals surface area contributed by atoms with Crippen LogP contribution in [0.25, 0.3) is 0 Å². The summed E-state index contributed by atoms with van der Waals surface area (Å²) in [6.45, 7) is 1.98. The normalized spacial score (nSPS) is 19.1. The van der Waals surface area contributed by atoms with Gasteiger partial charge >= 0.3 is 5.97 Å². The van der Waals surface area contributed by atoms with E-state index < -0.39 is 23.1 Å². The molecule has 2 rings (SSSR count). The molecule has 8 heteroatoms. The Bertz CT molecular complexity index is 608. The summed E-state index contributed by atoms with van der Waals surface area (Å²) in [5.74, 6) is -1.27. The molecule has 1 aliphatic rings. The van der Waals surface area contributed by atoms with Gasteiger partial charge in [-0.3, -0.25) is 9.59 Å². The minimum absolute atomic E-state index is 0.0520. The molecule has 0 spiro atoms. The van der Waals surface area contributed by atoms with Crippen LogP contribution in [0.1, 0.15) is 13.3 Å². The van der Waals surface area contributed by atoms with Gasteiger partial charge in [0.15, 0.2) is 6.04 Å². The van der Waals surface area contributed by atoms with Gasteiger partial charge in [0.1, 0.15) is 5.82 Å². The van der Waals surface area contributed by atoms with E-state index in [1.54, 1.807) is 6.92 Å². The first-order valence-electron chi connectivity index (χ1n) is 7.17. The maximum atomic E-state index is 12.9. The second-order valence-corrected chi connectivity index (χ2v) is 6.25. The molecule has 6 nitrogen and oxygen atoms in total. The molecule has 1 aliphatic heterocycles. The molecule has 23 heavy (non-hydrogen) atoms. The van der Waals surface area contributed by atoms with E-state index >= 15 is 0 Å². The number of rotatable bonds is 6. The molecule has 0 aliphatic carbocycles. The molecule has 0 bridgehead atoms. The number of thioether (sulfide) groups is 1. The van der Waals surface area contributed by atoms with Crippen LogP contribution in [0.15, 0.2) is 24.3 Å². The number of benzene rings is 1. The van der Waals surface area contributed by atoms with Crippen molar-refractivity contribution in [2.75, 3.05) is 17.3 Å². The maximum Gasteiger partial charge on any atom is 0.365 e. The van der Waals surface area contributed by atoms with E-state index in [0.29, 0.717) is 11.4 Å². The summed E-state index contributed by atoms with van der Waals surface area (Å²) in [7, 11) is 0. The van der Waals surface area contributed by atoms with Crippen molar-refractivity contribution in [3.63, 3.8) is 0 Å². The van der Waals surface area contributed by atoms with Crippen molar-refractivity contribution >= 4 is 35.2 Å². The van der Waals surface area contributed by atoms with Crippen molar-refractivity contribution in [3.8, 4) is 0 Å². The minimum atomic E-state index is -0.595. The lowest BCUT2D eigenvalue weighted by molar-refractivity contribution is -0.401. The fraction of sp³-hybridized carbons (Fsp3) is 0.400. The number of halogens is 1. The number of ether oxygens (including phenoxy) is 1. The molecule has 1 aromatic carbocycles. The molecule has 1 saturated heterocycles. The number of anilines is 1. The van der Waals surface area contributed by atoms with Crippen molar-refractivity contribution in [1.29, 1.82) is 0 Å². The first kappa shape index (κ1) is 17.4. The third kappa shape index (κ3) is 4.08. The first-order valence-corrected chi connectivity index (χ1v) is 8.22. The number of hydrogen-bond acceptors (Lipinski definition) is 5. The molecule has 0 saturated carbocycles. The number of hydrogen-bond donors (Lipinski definition) is 1. The van der Waals surface area contributed by atoms with Crippen LogP contribution < -0.4 is 10.6 Å². The van der Waals surface area contributed by atoms with Crippen LogP contribution in [0.5, 0.6) is 0 Å². The van der Waals surface area contributed by atoms with Crippen molar-refractivity contribution in [2.45, 2.75) is 24.6 Å². The highest BCUT2D eigenvalue weighted by molar-refractivity contribution is 8.00. The van der Waals surface area contributed by atoms with E-state index in [4.69, 9.17) is 4.74 Å². The number of amides is 2. The van der Waals surface area contributed by atoms with Gasteiger partial charge in [-0.1, -0.05) is 0 Å². The molecule has 2 amide bonds. The van der Waals surface area contributed by atoms with Gasteiger partial charge in [0, 0.05) is 6.42 Å². The Hall–Kier alpha value is -1.93. The molecule has 1 heterocycles. The van der Waals surface area contributed by atoms with Crippen molar-refractivity contribution in [1.82, 2.24) is 0 Å². The number of esters is 1. The quantitative estimate of drug-likeness (QED) is 0.596. The van der Waals surface area contributed by atoms with Crippen LogP contribution in [0.2, 0.25) is 0 Å². The standard InChI is InChI=1S/C15H17FN2O4S/c1-2-22-15(21)11(17)8-23-12-7-13(19)18(14(12)20)10-5-3-9(16)4-6-10/h3-6,11-12H,2,7-8,17H2,1H3/p+1/t11-,12-/m1/s1. The van der Waals surface area contributed by atoms with Gasteiger partial charge < -0.3 is 10.5 Å². The highest BCUT2D eigenvalue weighted by atomic mass is 32.2. The molecule has 3 N–H and O–H groups in total. The lowest BCUT2D eigenvalue weighted by atomic mass is 10.3. The summed E-state index contributed by atoms with van der Waals surface area (Å²) in [5, 5.41) is -0.564. The highest BCUT2D eigenvalue weighted by Crippen LogP contribution is 2.29. The van der Waals surface area contributed by atoms with Gasteiger partial charge in [0.05, 0.1) is 23.3 Å². The summed E-state index contributed by atoms with van der Waals surface area (Å²) in [5.41, 5.74) is 4.05. The van der Waals surface area contributed by atoms with Crippen molar-refractivity contribution in [3.05, 3.63) is 30.1 Å². The fourth-order valence-electron chi connectivity index (χ4n) is 2.16. The van der Waals surface area contributed by atoms with E-state index in [9.17, 15) is 18.8 Å². The molecule has 1 aromatic rings. The SMILES string of the molecule is CCOC(=O)[C@H]([NH3+])CS[C@@H]1CC(=O)N(c2ccc(F)cc2)C1=O. The molecular weight excluding hydrogens is 323 g/mol. The van der Waals surface area contributed by atoms with Gasteiger partial charge in [-0.2, -0.15) is 0 Å². The van der Waals surface area contributed by atoms with Crippen LogP contribution in [0.3, 0.4) is 0 Å². The van der Waals surface area contributed by atoms with E-state index in [-0.39, 0.29) is 24.8 Å². The highest BCUT2D eigenvalue weighted by Gasteiger charge is 2.40. The third-order valence-corrected chi connectivity index (χ3v) is 4.67. The Morgan fingerprint density at radius 1 is 1.43 bits per heavy atom. The van der Waals surface area contributed by atoms with Crippen LogP contribution in [0.4, 0.5) is 10.1 Å². The Kier molecular flexibility index (Phi) is 5.73. The second-order valence-electron chi connectivity index (χ2n) is 5.02. The zero-order valence-electron chi connectivity index (χ0n) is 12.7. The zero-order chi connectivity index (χ0) is 17.0. The average molecular weight is 341 g/mol. The molecule has 0 unspecified atom stereocenters. The number of carbonyl (C=O) groups is 3. The van der Waals surface area contributed by atoms with Crippen LogP contribution in [-0.4, -0.2) is 41.4 Å². The Morgan fingerprint density at radius 2 is 2.09 bits per heavy atom. The molecule has 0 aromatic heterocycles. The summed E-state index contributed by atoms with van der Waals surface area (Å²) in [6.07, 6.45) is 0.0520. The summed E-state index contributed by atoms with van der Waals surface area (Å²) >= 11 is 1.21. The lowest BCUT2D eigenvalue weighted by Crippen LogP contribution is -2.66. The first-order chi connectivity index (χ1) is 10.9. The number of quaternary nitrogens is 1. The van der Waals surface area contributed by atoms with Crippen molar-refractivity contribution in [2.24, 2.45) is 0 Å². The van der Waals surface area contributed by atoms with E-state index in [0.717, 1.165) is 4.90 Å². The molecular formula is C15H18FN2O4S+. The largest absolute Gasteiger partial charge is 0.462 e. The number of imide groups is 1. The maximum absolute atomic E-state index is 12.9. The molecule has 2 atom stereocenters. The molecule has 124 valence electrons. The number of nitrogens with zero attached hydrogens (tertiary/aromatic N) is 1. The average Bonchev–Trinajstić information content (AvgIpc) is 2.80. The van der Waals surface area contributed by atoms with E-state index in [1.807, 2.05) is 0 Å². The summed E-state index contributed by atoms with van der Waals surface area (Å²) < 4.78 is 17.8. The second kappa shape index (κ2) is 7.56. The molecule has 0 radical (unpaired) electrons. The monoisotopic (exact) mass is 341 g/mol. The van der Waals surface area contributed by atoms with Gasteiger partial charge in [-0.25, -0.2) is 14.1 Å². The smallest absolute Gasteiger partial charge is 0.365 e. The Labute approximate surface area is 137 Å². The summed E-state index contributed by atoms with van der Waals surface area (Å²) in [4.78, 5) is 37.0.